The van der Waals surface area contributed by atoms with Gasteiger partial charge < -0.3 is 9.47 Å². The molecule has 2 heteroatoms. The summed E-state index contributed by atoms with van der Waals surface area (Å²) in [6.45, 7) is 16.3. The highest BCUT2D eigenvalue weighted by atomic mass is 16.5. The highest BCUT2D eigenvalue weighted by molar-refractivity contribution is 5.47. The van der Waals surface area contributed by atoms with E-state index in [1.165, 1.54) is 50.1 Å². The average molecular weight is 753 g/mol. The smallest absolute Gasteiger partial charge is 0.123 e. The Kier molecular flexibility index (Phi) is 14.0. The minimum atomic E-state index is -0.360. The Hall–Kier alpha value is -5.60. The zero-order valence-electron chi connectivity index (χ0n) is 35.1. The molecule has 0 heterocycles. The minimum absolute atomic E-state index is 0.292. The van der Waals surface area contributed by atoms with Gasteiger partial charge in [0.2, 0.25) is 0 Å². The van der Waals surface area contributed by atoms with Crippen LogP contribution in [0, 0.1) is 33.6 Å². The molecule has 0 saturated carbocycles. The summed E-state index contributed by atoms with van der Waals surface area (Å²) in [5.41, 5.74) is 13.5. The van der Waals surface area contributed by atoms with Crippen LogP contribution in [0.1, 0.15) is 95.2 Å². The zero-order valence-corrected chi connectivity index (χ0v) is 35.1. The molecule has 2 nitrogen and oxygen atoms in total. The van der Waals surface area contributed by atoms with E-state index in [1.54, 1.807) is 0 Å². The fourth-order valence-corrected chi connectivity index (χ4v) is 8.59. The van der Waals surface area contributed by atoms with Gasteiger partial charge in [-0.1, -0.05) is 180 Å². The van der Waals surface area contributed by atoms with Crippen LogP contribution in [0.4, 0.5) is 0 Å². The highest BCUT2D eigenvalue weighted by Gasteiger charge is 2.38. The third-order valence-corrected chi connectivity index (χ3v) is 11.3. The Bertz CT molecular complexity index is 2090. The molecule has 0 N–H and O–H groups in total. The average Bonchev–Trinajstić information content (AvgIpc) is 3.21. The molecule has 6 aromatic carbocycles. The van der Waals surface area contributed by atoms with Crippen molar-refractivity contribution >= 4 is 0 Å². The Labute approximate surface area is 342 Å². The summed E-state index contributed by atoms with van der Waals surface area (Å²) >= 11 is 0. The first-order valence-corrected chi connectivity index (χ1v) is 20.6. The van der Waals surface area contributed by atoms with Gasteiger partial charge in [-0.2, -0.15) is 0 Å². The third-order valence-electron chi connectivity index (χ3n) is 11.3. The van der Waals surface area contributed by atoms with Crippen molar-refractivity contribution in [1.29, 1.82) is 0 Å². The van der Waals surface area contributed by atoms with Gasteiger partial charge in [0, 0.05) is 11.5 Å². The van der Waals surface area contributed by atoms with Gasteiger partial charge in [0.25, 0.3) is 0 Å². The summed E-state index contributed by atoms with van der Waals surface area (Å²) in [7, 11) is 0. The first-order valence-electron chi connectivity index (χ1n) is 20.6. The van der Waals surface area contributed by atoms with E-state index >= 15 is 0 Å². The van der Waals surface area contributed by atoms with Crippen LogP contribution in [0.2, 0.25) is 0 Å². The molecule has 0 spiro atoms. The van der Waals surface area contributed by atoms with Crippen LogP contribution in [-0.2, 0) is 25.0 Å². The van der Waals surface area contributed by atoms with Crippen molar-refractivity contribution < 1.29 is 9.47 Å². The van der Waals surface area contributed by atoms with E-state index in [-0.39, 0.29) is 5.41 Å². The lowest BCUT2D eigenvalue weighted by Crippen LogP contribution is -2.33. The third kappa shape index (κ3) is 11.3. The van der Waals surface area contributed by atoms with Gasteiger partial charge in [0.05, 0.1) is 0 Å². The summed E-state index contributed by atoms with van der Waals surface area (Å²) in [6.07, 6.45) is 9.29. The molecular formula is C55H60O2. The van der Waals surface area contributed by atoms with E-state index in [2.05, 4.69) is 212 Å². The summed E-state index contributed by atoms with van der Waals surface area (Å²) in [5.74, 6) is 2.33. The van der Waals surface area contributed by atoms with Crippen LogP contribution in [-0.4, -0.2) is 0 Å². The minimum Gasteiger partial charge on any atom is -0.489 e. The molecular weight excluding hydrogens is 693 g/mol. The van der Waals surface area contributed by atoms with Gasteiger partial charge in [-0.3, -0.25) is 0 Å². The van der Waals surface area contributed by atoms with Gasteiger partial charge in [-0.25, -0.2) is 0 Å². The summed E-state index contributed by atoms with van der Waals surface area (Å²) in [5, 5.41) is 0. The van der Waals surface area contributed by atoms with Crippen LogP contribution in [0.15, 0.2) is 169 Å². The van der Waals surface area contributed by atoms with Gasteiger partial charge >= 0.3 is 0 Å². The van der Waals surface area contributed by atoms with E-state index in [9.17, 15) is 0 Å². The number of hydrogen-bond donors (Lipinski definition) is 0. The van der Waals surface area contributed by atoms with E-state index in [0.717, 1.165) is 41.9 Å². The number of allylic oxidation sites excluding steroid dienone is 4. The molecule has 0 aliphatic rings. The first kappa shape index (κ1) is 41.0. The maximum absolute atomic E-state index is 6.67. The van der Waals surface area contributed by atoms with Crippen LogP contribution in [0.5, 0.6) is 11.5 Å². The summed E-state index contributed by atoms with van der Waals surface area (Å²) in [6, 6.07) is 53.3. The molecule has 0 aliphatic heterocycles. The van der Waals surface area contributed by atoms with E-state index in [0.29, 0.717) is 25.0 Å². The van der Waals surface area contributed by atoms with E-state index < -0.39 is 0 Å². The predicted octanol–water partition coefficient (Wildman–Crippen LogP) is 14.3. The van der Waals surface area contributed by atoms with E-state index in [1.807, 2.05) is 0 Å². The topological polar surface area (TPSA) is 18.5 Å². The quantitative estimate of drug-likeness (QED) is 0.0864. The zero-order chi connectivity index (χ0) is 40.2. The Morgan fingerprint density at radius 1 is 0.579 bits per heavy atom. The molecule has 6 rings (SSSR count). The molecule has 0 aliphatic carbocycles. The molecule has 0 saturated heterocycles. The first-order chi connectivity index (χ1) is 27.6. The van der Waals surface area contributed by atoms with Crippen molar-refractivity contribution in [3.05, 3.63) is 225 Å². The highest BCUT2D eigenvalue weighted by Crippen LogP contribution is 2.46. The normalized spacial score (nSPS) is 13.1. The maximum Gasteiger partial charge on any atom is 0.123 e. The second-order valence-corrected chi connectivity index (χ2v) is 16.3. The van der Waals surface area contributed by atoms with E-state index in [4.69, 9.17) is 9.47 Å². The fourth-order valence-electron chi connectivity index (χ4n) is 8.59. The van der Waals surface area contributed by atoms with Gasteiger partial charge in [-0.15, -0.1) is 0 Å². The SMILES string of the molecule is C/C=C\C=C(/C)C(C)CC(CC(Cc1cc(OCc2cc(C)cc(C)c2)cc(OCc2cc(C)cc(C)c2)c1)(c1ccccc1)c1ccccc1)c1ccccc1. The number of hydrogen-bond acceptors (Lipinski definition) is 2. The number of aryl methyl sites for hydroxylation is 4. The van der Waals surface area contributed by atoms with Gasteiger partial charge in [0.15, 0.2) is 0 Å². The molecule has 0 aromatic heterocycles. The molecule has 0 fully saturated rings. The number of benzene rings is 6. The monoisotopic (exact) mass is 752 g/mol. The second kappa shape index (κ2) is 19.5. The van der Waals surface area contributed by atoms with Crippen molar-refractivity contribution in [3.63, 3.8) is 0 Å². The second-order valence-electron chi connectivity index (χ2n) is 16.3. The van der Waals surface area contributed by atoms with Crippen LogP contribution in [0.25, 0.3) is 0 Å². The lowest BCUT2D eigenvalue weighted by molar-refractivity contribution is 0.288. The summed E-state index contributed by atoms with van der Waals surface area (Å²) in [4.78, 5) is 0. The molecule has 6 aromatic rings. The van der Waals surface area contributed by atoms with Crippen molar-refractivity contribution in [2.24, 2.45) is 5.92 Å². The lowest BCUT2D eigenvalue weighted by atomic mass is 9.64. The van der Waals surface area contributed by atoms with Crippen LogP contribution >= 0.6 is 0 Å². The molecule has 57 heavy (non-hydrogen) atoms. The van der Waals surface area contributed by atoms with Crippen molar-refractivity contribution in [1.82, 2.24) is 0 Å². The van der Waals surface area contributed by atoms with Gasteiger partial charge in [-0.05, 0) is 118 Å². The molecule has 0 radical (unpaired) electrons. The lowest BCUT2D eigenvalue weighted by Gasteiger charge is -2.39. The number of ether oxygens (including phenoxy) is 2. The van der Waals surface area contributed by atoms with Crippen LogP contribution < -0.4 is 9.47 Å². The largest absolute Gasteiger partial charge is 0.489 e. The Morgan fingerprint density at radius 2 is 1.04 bits per heavy atom. The molecule has 2 atom stereocenters. The Morgan fingerprint density at radius 3 is 1.49 bits per heavy atom. The fraction of sp³-hybridized carbons (Fsp3) is 0.273. The number of rotatable bonds is 17. The standard InChI is InChI=1S/C55H60O2/c1-8-9-19-44(6)45(7)32-50(49-20-13-10-14-21-49)37-55(51-22-15-11-16-23-51,52-24-17-12-18-25-52)36-46-33-53(56-38-47-28-40(2)26-41(3)29-47)35-54(34-46)57-39-48-30-42(4)27-43(5)31-48/h8-31,33-35,45,50H,32,36-39H2,1-7H3/b9-8-,44-19+. The van der Waals surface area contributed by atoms with Crippen molar-refractivity contribution in [2.45, 2.75) is 92.3 Å². The molecule has 2 unspecified atom stereocenters. The van der Waals surface area contributed by atoms with Crippen molar-refractivity contribution in [2.75, 3.05) is 0 Å². The Balaban J connectivity index is 1.46. The predicted molar refractivity (Wildman–Crippen MR) is 240 cm³/mol. The maximum atomic E-state index is 6.67. The van der Waals surface area contributed by atoms with Crippen LogP contribution in [0.3, 0.4) is 0 Å². The molecule has 0 bridgehead atoms. The van der Waals surface area contributed by atoms with Crippen molar-refractivity contribution in [3.8, 4) is 11.5 Å². The molecule has 0 amide bonds. The van der Waals surface area contributed by atoms with Gasteiger partial charge in [0.1, 0.15) is 24.7 Å². The molecule has 292 valence electrons. The summed E-state index contributed by atoms with van der Waals surface area (Å²) < 4.78 is 13.3.